The maximum Gasteiger partial charge on any atom is 0.158 e. The van der Waals surface area contributed by atoms with Crippen LogP contribution in [-0.4, -0.2) is 56.1 Å². The highest BCUT2D eigenvalue weighted by Crippen LogP contribution is 2.67. The predicted octanol–water partition coefficient (Wildman–Crippen LogP) is 0.588. The predicted molar refractivity (Wildman–Crippen MR) is 95.7 cm³/mol. The zero-order valence-electron chi connectivity index (χ0n) is 15.3. The van der Waals surface area contributed by atoms with Crippen LogP contribution in [0.3, 0.4) is 0 Å². The Morgan fingerprint density at radius 3 is 2.58 bits per heavy atom. The van der Waals surface area contributed by atoms with Crippen LogP contribution in [0, 0.1) is 40.9 Å². The molecule has 144 valence electrons. The van der Waals surface area contributed by atoms with Gasteiger partial charge in [0.2, 0.25) is 0 Å². The van der Waals surface area contributed by atoms with E-state index in [0.717, 1.165) is 24.8 Å². The minimum atomic E-state index is -1.76. The van der Waals surface area contributed by atoms with E-state index in [4.69, 9.17) is 6.42 Å². The number of rotatable bonds is 1. The zero-order chi connectivity index (χ0) is 18.9. The average molecular weight is 362 g/mol. The SMILES string of the molecule is C#C[C@]1(O)[C@H](O)CC2C3C(CC[C@@]21CO)[C@@]1(C)CC[C@H](O)CC1=C[C@@H]3O. The van der Waals surface area contributed by atoms with Crippen LogP contribution in [0.1, 0.15) is 45.4 Å². The van der Waals surface area contributed by atoms with Gasteiger partial charge in [0.25, 0.3) is 0 Å². The van der Waals surface area contributed by atoms with Crippen LogP contribution in [-0.2, 0) is 0 Å². The van der Waals surface area contributed by atoms with Gasteiger partial charge in [-0.1, -0.05) is 24.5 Å². The molecule has 5 heteroatoms. The lowest BCUT2D eigenvalue weighted by Crippen LogP contribution is -2.61. The molecule has 0 saturated heterocycles. The molecule has 0 heterocycles. The molecule has 3 saturated carbocycles. The fourth-order valence-corrected chi connectivity index (χ4v) is 7.03. The van der Waals surface area contributed by atoms with Crippen molar-refractivity contribution < 1.29 is 25.5 Å². The Bertz CT molecular complexity index is 668. The van der Waals surface area contributed by atoms with E-state index in [1.165, 1.54) is 0 Å². The van der Waals surface area contributed by atoms with E-state index in [1.807, 2.05) is 6.08 Å². The molecule has 0 bridgehead atoms. The normalized spacial score (nSPS) is 56.0. The van der Waals surface area contributed by atoms with E-state index in [0.29, 0.717) is 19.3 Å². The second-order valence-corrected chi connectivity index (χ2v) is 9.30. The molecule has 5 N–H and O–H groups in total. The molecule has 0 aliphatic heterocycles. The van der Waals surface area contributed by atoms with Gasteiger partial charge in [0.05, 0.1) is 24.9 Å². The first-order valence-electron chi connectivity index (χ1n) is 9.80. The van der Waals surface area contributed by atoms with Crippen LogP contribution >= 0.6 is 0 Å². The molecule has 4 aliphatic rings. The van der Waals surface area contributed by atoms with E-state index < -0.39 is 23.2 Å². The molecule has 4 aliphatic carbocycles. The highest BCUT2D eigenvalue weighted by atomic mass is 16.3. The fraction of sp³-hybridized carbons (Fsp3) is 0.810. The molecular formula is C21H30O5. The lowest BCUT2D eigenvalue weighted by atomic mass is 9.46. The van der Waals surface area contributed by atoms with Crippen molar-refractivity contribution in [3.8, 4) is 12.3 Å². The van der Waals surface area contributed by atoms with Gasteiger partial charge in [-0.15, -0.1) is 6.42 Å². The highest BCUT2D eigenvalue weighted by molar-refractivity contribution is 5.32. The Labute approximate surface area is 154 Å². The van der Waals surface area contributed by atoms with Crippen LogP contribution in [0.4, 0.5) is 0 Å². The summed E-state index contributed by atoms with van der Waals surface area (Å²) in [5.74, 6) is 2.18. The van der Waals surface area contributed by atoms with Gasteiger partial charge < -0.3 is 25.5 Å². The summed E-state index contributed by atoms with van der Waals surface area (Å²) in [4.78, 5) is 0. The number of aliphatic hydroxyl groups is 5. The van der Waals surface area contributed by atoms with Crippen molar-refractivity contribution in [2.45, 2.75) is 69.4 Å². The van der Waals surface area contributed by atoms with Crippen molar-refractivity contribution in [3.05, 3.63) is 11.6 Å². The van der Waals surface area contributed by atoms with Gasteiger partial charge in [0.15, 0.2) is 5.60 Å². The summed E-state index contributed by atoms with van der Waals surface area (Å²) in [6.07, 6.45) is 9.11. The lowest BCUT2D eigenvalue weighted by molar-refractivity contribution is -0.160. The molecule has 3 fully saturated rings. The number of aliphatic hydroxyl groups excluding tert-OH is 4. The van der Waals surface area contributed by atoms with E-state index in [9.17, 15) is 25.5 Å². The first-order valence-corrected chi connectivity index (χ1v) is 9.80. The maximum absolute atomic E-state index is 11.0. The van der Waals surface area contributed by atoms with Gasteiger partial charge in [-0.2, -0.15) is 0 Å². The second kappa shape index (κ2) is 5.80. The molecular weight excluding hydrogens is 332 g/mol. The summed E-state index contributed by atoms with van der Waals surface area (Å²) < 4.78 is 0. The quantitative estimate of drug-likeness (QED) is 0.347. The van der Waals surface area contributed by atoms with Gasteiger partial charge in [0, 0.05) is 5.41 Å². The smallest absolute Gasteiger partial charge is 0.158 e. The Morgan fingerprint density at radius 2 is 1.92 bits per heavy atom. The summed E-state index contributed by atoms with van der Waals surface area (Å²) in [5.41, 5.74) is -1.69. The Morgan fingerprint density at radius 1 is 1.19 bits per heavy atom. The number of fused-ring (bicyclic) bond motifs is 5. The lowest BCUT2D eigenvalue weighted by Gasteiger charge is -2.59. The Kier molecular flexibility index (Phi) is 4.12. The van der Waals surface area contributed by atoms with Gasteiger partial charge in [0.1, 0.15) is 0 Å². The summed E-state index contributed by atoms with van der Waals surface area (Å²) in [6, 6.07) is 0. The third kappa shape index (κ3) is 2.05. The average Bonchev–Trinajstić information content (AvgIpc) is 2.85. The van der Waals surface area contributed by atoms with Crippen molar-refractivity contribution in [1.29, 1.82) is 0 Å². The van der Waals surface area contributed by atoms with Crippen LogP contribution in [0.15, 0.2) is 11.6 Å². The number of hydrogen-bond donors (Lipinski definition) is 5. The molecule has 0 spiro atoms. The third-order valence-electron chi connectivity index (χ3n) is 8.53. The molecule has 26 heavy (non-hydrogen) atoms. The monoisotopic (exact) mass is 362 g/mol. The topological polar surface area (TPSA) is 101 Å². The van der Waals surface area contributed by atoms with Crippen molar-refractivity contribution in [3.63, 3.8) is 0 Å². The number of hydrogen-bond acceptors (Lipinski definition) is 5. The standard InChI is InChI=1S/C21H30O5/c1-3-21(26)17(25)10-15-18-14(5-7-20(15,21)11-22)19(2)6-4-13(23)8-12(19)9-16(18)24/h1,9,13-18,22-26H,4-8,10-11H2,2H3/t13-,14?,15?,16-,17+,18?,19-,20+,21-/m0/s1. The van der Waals surface area contributed by atoms with Crippen molar-refractivity contribution in [2.24, 2.45) is 28.6 Å². The first kappa shape index (κ1) is 18.5. The second-order valence-electron chi connectivity index (χ2n) is 9.30. The number of terminal acetylenes is 1. The minimum Gasteiger partial charge on any atom is -0.396 e. The van der Waals surface area contributed by atoms with E-state index in [1.54, 1.807) is 0 Å². The largest absolute Gasteiger partial charge is 0.396 e. The first-order chi connectivity index (χ1) is 12.2. The molecule has 0 aromatic heterocycles. The van der Waals surface area contributed by atoms with Crippen LogP contribution in [0.25, 0.3) is 0 Å². The molecule has 3 unspecified atom stereocenters. The van der Waals surface area contributed by atoms with Gasteiger partial charge >= 0.3 is 0 Å². The Hall–Kier alpha value is -0.900. The van der Waals surface area contributed by atoms with Gasteiger partial charge in [-0.25, -0.2) is 0 Å². The van der Waals surface area contributed by atoms with Gasteiger partial charge in [-0.05, 0) is 61.7 Å². The third-order valence-corrected chi connectivity index (χ3v) is 8.53. The molecule has 0 amide bonds. The fourth-order valence-electron chi connectivity index (χ4n) is 7.03. The molecule has 5 nitrogen and oxygen atoms in total. The minimum absolute atomic E-state index is 0.0907. The van der Waals surface area contributed by atoms with Crippen LogP contribution in [0.5, 0.6) is 0 Å². The summed E-state index contributed by atoms with van der Waals surface area (Å²) in [5, 5.41) is 52.9. The molecule has 4 rings (SSSR count). The molecule has 9 atom stereocenters. The Balaban J connectivity index is 1.79. The summed E-state index contributed by atoms with van der Waals surface area (Å²) in [7, 11) is 0. The summed E-state index contributed by atoms with van der Waals surface area (Å²) in [6.45, 7) is 1.93. The van der Waals surface area contributed by atoms with Crippen LogP contribution in [0.2, 0.25) is 0 Å². The molecule has 0 aromatic carbocycles. The van der Waals surface area contributed by atoms with E-state index >= 15 is 0 Å². The van der Waals surface area contributed by atoms with Crippen LogP contribution < -0.4 is 0 Å². The van der Waals surface area contributed by atoms with Crippen molar-refractivity contribution in [2.75, 3.05) is 6.61 Å². The summed E-state index contributed by atoms with van der Waals surface area (Å²) >= 11 is 0. The highest BCUT2D eigenvalue weighted by Gasteiger charge is 2.69. The van der Waals surface area contributed by atoms with E-state index in [-0.39, 0.29) is 35.9 Å². The van der Waals surface area contributed by atoms with E-state index in [2.05, 4.69) is 12.8 Å². The van der Waals surface area contributed by atoms with Crippen molar-refractivity contribution in [1.82, 2.24) is 0 Å². The zero-order valence-corrected chi connectivity index (χ0v) is 15.3. The van der Waals surface area contributed by atoms with Gasteiger partial charge in [-0.3, -0.25) is 0 Å². The maximum atomic E-state index is 11.0. The van der Waals surface area contributed by atoms with Crippen molar-refractivity contribution >= 4 is 0 Å². The molecule has 0 aromatic rings. The molecule has 0 radical (unpaired) electrons.